The molecule has 0 radical (unpaired) electrons. The van der Waals surface area contributed by atoms with Gasteiger partial charge in [-0.2, -0.15) is 0 Å². The van der Waals surface area contributed by atoms with E-state index in [1.807, 2.05) is 0 Å². The van der Waals surface area contributed by atoms with E-state index in [-0.39, 0.29) is 0 Å². The van der Waals surface area contributed by atoms with Gasteiger partial charge in [0.25, 0.3) is 0 Å². The van der Waals surface area contributed by atoms with Gasteiger partial charge in [-0.25, -0.2) is 4.79 Å². The highest BCUT2D eigenvalue weighted by Crippen LogP contribution is 2.20. The third-order valence-corrected chi connectivity index (χ3v) is 1.34. The molecule has 82 valence electrons. The molecular weight excluding hydrogens is 217 g/mol. The number of hydrogen-bond acceptors (Lipinski definition) is 4. The Morgan fingerprint density at radius 1 is 1.27 bits per heavy atom. The second-order valence-electron chi connectivity index (χ2n) is 2.42. The van der Waals surface area contributed by atoms with Gasteiger partial charge in [0.1, 0.15) is 11.3 Å². The Bertz CT molecular complexity index is 361. The van der Waals surface area contributed by atoms with Gasteiger partial charge in [0, 0.05) is 0 Å². The lowest BCUT2D eigenvalue weighted by atomic mass is 10.2. The van der Waals surface area contributed by atoms with Crippen molar-refractivity contribution in [2.75, 3.05) is 0 Å². The van der Waals surface area contributed by atoms with Crippen LogP contribution in [0.4, 0.5) is 13.2 Å². The maximum atomic E-state index is 11.5. The molecule has 0 saturated carbocycles. The Labute approximate surface area is 81.8 Å². The van der Waals surface area contributed by atoms with Crippen molar-refractivity contribution in [1.82, 2.24) is 0 Å². The molecule has 0 atom stereocenters. The van der Waals surface area contributed by atoms with Crippen LogP contribution in [0.5, 0.6) is 5.75 Å². The summed E-state index contributed by atoms with van der Waals surface area (Å²) < 4.78 is 34.4. The lowest BCUT2D eigenvalue weighted by Crippen LogP contribution is -2.17. The van der Waals surface area contributed by atoms with Crippen molar-refractivity contribution < 1.29 is 32.8 Å². The smallest absolute Gasteiger partial charge is 0.507 e. The minimum atomic E-state index is -5.07. The van der Waals surface area contributed by atoms with E-state index in [0.29, 0.717) is 0 Å². The number of benzene rings is 1. The van der Waals surface area contributed by atoms with Crippen molar-refractivity contribution >= 4 is 5.97 Å². The van der Waals surface area contributed by atoms with Crippen LogP contribution in [0.25, 0.3) is 0 Å². The molecule has 1 aromatic rings. The molecule has 0 saturated heterocycles. The van der Waals surface area contributed by atoms with Crippen molar-refractivity contribution in [2.45, 2.75) is 6.36 Å². The van der Waals surface area contributed by atoms with Gasteiger partial charge in [0.2, 0.25) is 0 Å². The molecule has 1 rings (SSSR count). The number of alkyl halides is 3. The van der Waals surface area contributed by atoms with Crippen molar-refractivity contribution in [3.8, 4) is 5.75 Å². The molecule has 7 heteroatoms. The summed E-state index contributed by atoms with van der Waals surface area (Å²) in [5.41, 5.74) is -0.415. The molecule has 0 aliphatic rings. The summed E-state index contributed by atoms with van der Waals surface area (Å²) in [6.07, 6.45) is -5.07. The first kappa shape index (κ1) is 11.3. The number of hydrogen-bond donors (Lipinski definition) is 1. The van der Waals surface area contributed by atoms with Gasteiger partial charge in [0.05, 0.1) is 0 Å². The van der Waals surface area contributed by atoms with Crippen LogP contribution in [0.3, 0.4) is 0 Å². The molecular formula is C8H5F3O4. The fraction of sp³-hybridized carbons (Fsp3) is 0.125. The maximum Gasteiger partial charge on any atom is 0.558 e. The van der Waals surface area contributed by atoms with Crippen LogP contribution in [-0.2, 0) is 9.78 Å². The zero-order valence-electron chi connectivity index (χ0n) is 7.12. The van der Waals surface area contributed by atoms with Crippen molar-refractivity contribution in [1.29, 1.82) is 0 Å². The quantitative estimate of drug-likeness (QED) is 0.614. The maximum absolute atomic E-state index is 11.5. The highest BCUT2D eigenvalue weighted by molar-refractivity contribution is 5.91. The summed E-state index contributed by atoms with van der Waals surface area (Å²) in [4.78, 5) is 17.2. The van der Waals surface area contributed by atoms with E-state index in [0.717, 1.165) is 12.1 Å². The second-order valence-corrected chi connectivity index (χ2v) is 2.42. The van der Waals surface area contributed by atoms with Gasteiger partial charge in [0.15, 0.2) is 0 Å². The molecule has 0 heterocycles. The van der Waals surface area contributed by atoms with Gasteiger partial charge in [-0.1, -0.05) is 17.0 Å². The molecule has 1 aromatic carbocycles. The normalized spacial score (nSPS) is 11.1. The summed E-state index contributed by atoms with van der Waals surface area (Å²) in [5.74, 6) is -1.92. The lowest BCUT2D eigenvalue weighted by molar-refractivity contribution is -0.457. The number of rotatable bonds is 2. The predicted molar refractivity (Wildman–Crippen MR) is 40.7 cm³/mol. The summed E-state index contributed by atoms with van der Waals surface area (Å²) >= 11 is 0. The molecule has 0 aliphatic carbocycles. The molecule has 0 aromatic heterocycles. The molecule has 0 amide bonds. The number of para-hydroxylation sites is 1. The molecule has 4 nitrogen and oxygen atoms in total. The average molecular weight is 222 g/mol. The van der Waals surface area contributed by atoms with Crippen LogP contribution >= 0.6 is 0 Å². The summed E-state index contributed by atoms with van der Waals surface area (Å²) in [5, 5.41) is 9.07. The second kappa shape index (κ2) is 4.18. The molecule has 0 bridgehead atoms. The van der Waals surface area contributed by atoms with E-state index in [4.69, 9.17) is 5.11 Å². The number of phenols is 1. The highest BCUT2D eigenvalue weighted by atomic mass is 19.4. The minimum absolute atomic E-state index is 0.415. The fourth-order valence-corrected chi connectivity index (χ4v) is 0.776. The minimum Gasteiger partial charge on any atom is -0.507 e. The Hall–Kier alpha value is -1.76. The van der Waals surface area contributed by atoms with E-state index in [9.17, 15) is 18.0 Å². The summed E-state index contributed by atoms with van der Waals surface area (Å²) in [6.45, 7) is 0. The number of phenolic OH excluding ortho intramolecular Hbond substituents is 1. The van der Waals surface area contributed by atoms with Crippen LogP contribution < -0.4 is 0 Å². The van der Waals surface area contributed by atoms with Crippen LogP contribution in [0, 0.1) is 0 Å². The largest absolute Gasteiger partial charge is 0.558 e. The third-order valence-electron chi connectivity index (χ3n) is 1.34. The summed E-state index contributed by atoms with van der Waals surface area (Å²) in [6, 6.07) is 4.97. The van der Waals surface area contributed by atoms with Gasteiger partial charge < -0.3 is 5.11 Å². The average Bonchev–Trinajstić information content (AvgIpc) is 2.14. The first-order chi connectivity index (χ1) is 6.90. The monoisotopic (exact) mass is 222 g/mol. The van der Waals surface area contributed by atoms with Crippen LogP contribution in [0.1, 0.15) is 10.4 Å². The third kappa shape index (κ3) is 3.47. The van der Waals surface area contributed by atoms with Crippen molar-refractivity contribution in [3.63, 3.8) is 0 Å². The zero-order valence-corrected chi connectivity index (χ0v) is 7.12. The van der Waals surface area contributed by atoms with E-state index in [2.05, 4.69) is 9.78 Å². The standard InChI is InChI=1S/C8H5F3O4/c9-8(10,11)15-14-7(13)5-3-1-2-4-6(5)12/h1-4,12H. The van der Waals surface area contributed by atoms with Crippen molar-refractivity contribution in [2.24, 2.45) is 0 Å². The molecule has 15 heavy (non-hydrogen) atoms. The number of aromatic hydroxyl groups is 1. The lowest BCUT2D eigenvalue weighted by Gasteiger charge is -2.06. The Morgan fingerprint density at radius 3 is 2.40 bits per heavy atom. The van der Waals surface area contributed by atoms with Crippen LogP contribution in [0.15, 0.2) is 24.3 Å². The zero-order chi connectivity index (χ0) is 11.5. The van der Waals surface area contributed by atoms with E-state index >= 15 is 0 Å². The summed E-state index contributed by atoms with van der Waals surface area (Å²) in [7, 11) is 0. The van der Waals surface area contributed by atoms with Gasteiger partial charge in [-0.3, -0.25) is 4.89 Å². The van der Waals surface area contributed by atoms with E-state index in [1.54, 1.807) is 0 Å². The van der Waals surface area contributed by atoms with Crippen molar-refractivity contribution in [3.05, 3.63) is 29.8 Å². The number of halogens is 3. The number of carbonyl (C=O) groups excluding carboxylic acids is 1. The SMILES string of the molecule is O=C(OOC(F)(F)F)c1ccccc1O. The Balaban J connectivity index is 2.66. The van der Waals surface area contributed by atoms with Gasteiger partial charge >= 0.3 is 12.3 Å². The first-order valence-corrected chi connectivity index (χ1v) is 3.65. The predicted octanol–water partition coefficient (Wildman–Crippen LogP) is 2.00. The van der Waals surface area contributed by atoms with E-state index < -0.39 is 23.6 Å². The molecule has 0 fully saturated rings. The van der Waals surface area contributed by atoms with Gasteiger partial charge in [-0.15, -0.1) is 13.2 Å². The van der Waals surface area contributed by atoms with Crippen LogP contribution in [-0.4, -0.2) is 17.4 Å². The first-order valence-electron chi connectivity index (χ1n) is 3.65. The Kier molecular flexibility index (Phi) is 3.15. The van der Waals surface area contributed by atoms with Gasteiger partial charge in [-0.05, 0) is 12.1 Å². The molecule has 0 aliphatic heterocycles. The highest BCUT2D eigenvalue weighted by Gasteiger charge is 2.33. The number of carbonyl (C=O) groups is 1. The molecule has 0 unspecified atom stereocenters. The Morgan fingerprint density at radius 2 is 1.87 bits per heavy atom. The molecule has 1 N–H and O–H groups in total. The van der Waals surface area contributed by atoms with Crippen LogP contribution in [0.2, 0.25) is 0 Å². The van der Waals surface area contributed by atoms with E-state index in [1.165, 1.54) is 12.1 Å². The molecule has 0 spiro atoms. The topological polar surface area (TPSA) is 55.8 Å². The fourth-order valence-electron chi connectivity index (χ4n) is 0.776.